The Balaban J connectivity index is 7.61. The molecule has 0 spiro atoms. The monoisotopic (exact) mass is 1950 g/mol. The van der Waals surface area contributed by atoms with Crippen LogP contribution in [0.3, 0.4) is 0 Å². The second kappa shape index (κ2) is 87.6. The third-order valence-electron chi connectivity index (χ3n) is 20.4. The molecule has 0 heterocycles. The maximum atomic E-state index is 14.0. The molecule has 0 aromatic rings. The summed E-state index contributed by atoms with van der Waals surface area (Å²) in [6.07, 6.45) is 22.2. The van der Waals surface area contributed by atoms with Crippen LogP contribution in [0.1, 0.15) is 308 Å². The van der Waals surface area contributed by atoms with Crippen LogP contribution in [0, 0.1) is 10.8 Å². The molecule has 0 rings (SSSR count). The maximum Gasteiger partial charge on any atom is 0.330 e. The number of hydrogen-bond acceptors (Lipinski definition) is 37. The molecule has 0 aromatic carbocycles. The molecule has 0 aliphatic heterocycles. The summed E-state index contributed by atoms with van der Waals surface area (Å²) in [4.78, 5) is 227. The van der Waals surface area contributed by atoms with E-state index in [0.29, 0.717) is 193 Å². The fraction of sp³-hybridized carbons (Fsp3) is 0.700. The van der Waals surface area contributed by atoms with Gasteiger partial charge >= 0.3 is 107 Å². The maximum absolute atomic E-state index is 14.0. The zero-order valence-corrected chi connectivity index (χ0v) is 80.9. The molecule has 0 saturated heterocycles. The van der Waals surface area contributed by atoms with Crippen LogP contribution in [0.5, 0.6) is 0 Å². The summed E-state index contributed by atoms with van der Waals surface area (Å²) < 4.78 is 105. The van der Waals surface area contributed by atoms with Crippen molar-refractivity contribution in [2.24, 2.45) is 10.8 Å². The summed E-state index contributed by atoms with van der Waals surface area (Å²) in [7, 11) is 0. The zero-order chi connectivity index (χ0) is 101. The molecule has 0 N–H and O–H groups in total. The second-order valence-corrected chi connectivity index (χ2v) is 32.7. The lowest BCUT2D eigenvalue weighted by Crippen LogP contribution is -2.47. The average Bonchev–Trinajstić information content (AvgIpc) is 0.835. The van der Waals surface area contributed by atoms with Gasteiger partial charge in [-0.05, 0) is 231 Å². The molecule has 0 aliphatic carbocycles. The largest absolute Gasteiger partial charge is 0.466 e. The molecule has 0 bridgehead atoms. The topological polar surface area (TPSA) is 483 Å². The van der Waals surface area contributed by atoms with E-state index in [0.717, 1.165) is 36.5 Å². The summed E-state index contributed by atoms with van der Waals surface area (Å²) in [5, 5.41) is 0. The van der Waals surface area contributed by atoms with Crippen molar-refractivity contribution in [1.82, 2.24) is 0 Å². The van der Waals surface area contributed by atoms with Gasteiger partial charge in [-0.1, -0.05) is 39.5 Å². The van der Waals surface area contributed by atoms with Crippen LogP contribution in [0.2, 0.25) is 0 Å². The van der Waals surface area contributed by atoms with E-state index in [1.165, 1.54) is 0 Å². The summed E-state index contributed by atoms with van der Waals surface area (Å²) in [5.41, 5.74) is -3.58. The molecular weight excluding hydrogens is 1790 g/mol. The van der Waals surface area contributed by atoms with Crippen LogP contribution in [-0.4, -0.2) is 240 Å². The van der Waals surface area contributed by atoms with Crippen molar-refractivity contribution in [3.63, 3.8) is 0 Å². The Kier molecular flexibility index (Phi) is 80.5. The van der Waals surface area contributed by atoms with Crippen LogP contribution >= 0.6 is 0 Å². The van der Waals surface area contributed by atoms with Crippen LogP contribution in [0.15, 0.2) is 75.9 Å². The third kappa shape index (κ3) is 80.7. The van der Waals surface area contributed by atoms with Gasteiger partial charge in [0.15, 0.2) is 0 Å². The molecule has 0 radical (unpaired) electrons. The van der Waals surface area contributed by atoms with Gasteiger partial charge in [0.05, 0.1) is 103 Å². The fourth-order valence-corrected chi connectivity index (χ4v) is 12.3. The van der Waals surface area contributed by atoms with E-state index in [4.69, 9.17) is 90.0 Å². The van der Waals surface area contributed by atoms with Crippen LogP contribution in [0.4, 0.5) is 0 Å². The Morgan fingerprint density at radius 1 is 0.139 bits per heavy atom. The van der Waals surface area contributed by atoms with Crippen LogP contribution in [-0.2, 0) is 176 Å². The first-order valence-electron chi connectivity index (χ1n) is 48.4. The number of unbranched alkanes of at least 4 members (excludes halogenated alkanes) is 24. The van der Waals surface area contributed by atoms with E-state index >= 15 is 0 Å². The predicted molar refractivity (Wildman–Crippen MR) is 496 cm³/mol. The highest BCUT2D eigenvalue weighted by atomic mass is 16.6. The van der Waals surface area contributed by atoms with E-state index in [2.05, 4.69) is 39.5 Å². The van der Waals surface area contributed by atoms with Crippen molar-refractivity contribution in [2.75, 3.05) is 132 Å². The van der Waals surface area contributed by atoms with Gasteiger partial charge in [0.1, 0.15) is 39.6 Å². The zero-order valence-electron chi connectivity index (χ0n) is 80.9. The fourth-order valence-electron chi connectivity index (χ4n) is 12.3. The SMILES string of the molecule is C=CC(=O)OCCCCCC(=O)OCCCCCC(=O)OCC(COCC(COC(=O)CCCCCOC(=O)CCCCCOC(=O)C=C)(COC(=O)CCCCCOC(=O)CCCCCOC(=O)C=C)COC(=O)CCCCCOC(=O)CCCCCOC(=O)C=C)(COC(=O)CCCCCOC(=O)CCCCCOC(=O)C=C)COC(=O)CCCCCOC(=O)CCCCCOC(=O)C=C. The number of ether oxygens (including phenoxy) is 19. The quantitative estimate of drug-likeness (QED) is 0.0236. The van der Waals surface area contributed by atoms with Gasteiger partial charge in [-0.15, -0.1) is 0 Å². The Morgan fingerprint density at radius 2 is 0.248 bits per heavy atom. The Bertz CT molecular complexity index is 2970. The molecule has 0 atom stereocenters. The number of esters is 18. The standard InChI is InChI=1S/C100H154O37/c1-7-81(101)120-61-37-13-25-49-87(107)126-67-43-19-31-55-93(113)132-75-99(76-133-94(114)56-32-20-44-68-127-88(108)50-26-14-38-62-121-82(102)8-2,77-134-95(115)57-33-21-45-69-128-89(109)51-27-15-39-63-122-83(103)9-3)73-119-74-100(78-135-96(116)58-34-22-46-70-129-90(110)52-28-16-40-64-123-84(104)10-4,79-136-97(117)59-35-23-47-71-130-91(111)53-29-17-41-65-124-85(105)11-5)80-137-98(118)60-36-24-48-72-131-92(112)54-30-18-42-66-125-86(106)12-6/h7-12H,1-6,13-80H2. The lowest BCUT2D eigenvalue weighted by atomic mass is 9.90. The predicted octanol–water partition coefficient (Wildman–Crippen LogP) is 14.6. The van der Waals surface area contributed by atoms with Gasteiger partial charge in [0, 0.05) is 114 Å². The molecule has 0 aromatic heterocycles. The van der Waals surface area contributed by atoms with Gasteiger partial charge in [0.25, 0.3) is 0 Å². The lowest BCUT2D eigenvalue weighted by Gasteiger charge is -2.35. The Morgan fingerprint density at radius 3 is 0.365 bits per heavy atom. The molecular formula is C100H154O37. The normalized spacial score (nSPS) is 10.9. The molecule has 776 valence electrons. The first-order chi connectivity index (χ1) is 66.2. The summed E-state index contributed by atoms with van der Waals surface area (Å²) in [6, 6.07) is 0. The molecule has 0 amide bonds. The van der Waals surface area contributed by atoms with Gasteiger partial charge < -0.3 is 90.0 Å². The summed E-state index contributed by atoms with van der Waals surface area (Å²) in [6.45, 7) is 16.5. The second-order valence-electron chi connectivity index (χ2n) is 32.7. The van der Waals surface area contributed by atoms with Crippen LogP contribution < -0.4 is 0 Å². The highest BCUT2D eigenvalue weighted by Gasteiger charge is 2.41. The van der Waals surface area contributed by atoms with E-state index in [1.807, 2.05) is 0 Å². The number of rotatable bonds is 94. The van der Waals surface area contributed by atoms with Gasteiger partial charge in [0.2, 0.25) is 0 Å². The van der Waals surface area contributed by atoms with Crippen molar-refractivity contribution >= 4 is 107 Å². The van der Waals surface area contributed by atoms with Gasteiger partial charge in [-0.25, -0.2) is 28.8 Å². The molecule has 137 heavy (non-hydrogen) atoms. The summed E-state index contributed by atoms with van der Waals surface area (Å²) in [5.74, 6) is -10.4. The summed E-state index contributed by atoms with van der Waals surface area (Å²) >= 11 is 0. The molecule has 0 saturated carbocycles. The highest BCUT2D eigenvalue weighted by Crippen LogP contribution is 2.29. The molecule has 37 heteroatoms. The van der Waals surface area contributed by atoms with Gasteiger partial charge in [-0.3, -0.25) is 57.5 Å². The first kappa shape index (κ1) is 126. The minimum absolute atomic E-state index is 0.0548. The highest BCUT2D eigenvalue weighted by molar-refractivity contribution is 5.83. The van der Waals surface area contributed by atoms with E-state index in [9.17, 15) is 86.3 Å². The molecule has 0 fully saturated rings. The Labute approximate surface area is 807 Å². The van der Waals surface area contributed by atoms with E-state index < -0.39 is 171 Å². The van der Waals surface area contributed by atoms with Crippen molar-refractivity contribution < 1.29 is 176 Å². The average molecular weight is 1950 g/mol. The molecule has 0 unspecified atom stereocenters. The van der Waals surface area contributed by atoms with E-state index in [1.54, 1.807) is 0 Å². The van der Waals surface area contributed by atoms with Crippen molar-refractivity contribution in [3.8, 4) is 0 Å². The number of carbonyl (C=O) groups is 18. The molecule has 37 nitrogen and oxygen atoms in total. The Hall–Kier alpha value is -11.1. The van der Waals surface area contributed by atoms with Crippen LogP contribution in [0.25, 0.3) is 0 Å². The lowest BCUT2D eigenvalue weighted by molar-refractivity contribution is -0.176. The minimum Gasteiger partial charge on any atom is -0.466 e. The number of carbonyl (C=O) groups excluding carboxylic acids is 18. The third-order valence-corrected chi connectivity index (χ3v) is 20.4. The number of hydrogen-bond donors (Lipinski definition) is 0. The van der Waals surface area contributed by atoms with Crippen molar-refractivity contribution in [1.29, 1.82) is 0 Å². The molecule has 0 aliphatic rings. The first-order valence-corrected chi connectivity index (χ1v) is 48.4. The smallest absolute Gasteiger partial charge is 0.330 e. The van der Waals surface area contributed by atoms with E-state index in [-0.39, 0.29) is 195 Å². The van der Waals surface area contributed by atoms with Gasteiger partial charge in [-0.2, -0.15) is 0 Å². The minimum atomic E-state index is -1.79. The van der Waals surface area contributed by atoms with Crippen molar-refractivity contribution in [3.05, 3.63) is 75.9 Å². The van der Waals surface area contributed by atoms with Crippen molar-refractivity contribution in [2.45, 2.75) is 308 Å².